The van der Waals surface area contributed by atoms with E-state index in [2.05, 4.69) is 9.73 Å². The third-order valence-corrected chi connectivity index (χ3v) is 0.837. The Bertz CT molecular complexity index is 183. The van der Waals surface area contributed by atoms with E-state index in [1.165, 1.54) is 12.3 Å². The van der Waals surface area contributed by atoms with Gasteiger partial charge in [-0.25, -0.2) is 4.79 Å². The molecule has 9 heavy (non-hydrogen) atoms. The van der Waals surface area contributed by atoms with Crippen molar-refractivity contribution in [1.82, 2.24) is 0 Å². The molecule has 1 N–H and O–H groups in total. The second kappa shape index (κ2) is 2.30. The summed E-state index contributed by atoms with van der Waals surface area (Å²) in [6, 6.07) is 0. The number of aliphatic carboxylic acids is 1. The van der Waals surface area contributed by atoms with Gasteiger partial charge in [0.15, 0.2) is 6.73 Å². The molecule has 0 radical (unpaired) electrons. The maximum absolute atomic E-state index is 10.1. The molecule has 0 saturated heterocycles. The molecule has 1 rings (SSSR count). The van der Waals surface area contributed by atoms with Crippen molar-refractivity contribution in [2.75, 3.05) is 6.73 Å². The highest BCUT2D eigenvalue weighted by Crippen LogP contribution is 1.99. The molecule has 4 nitrogen and oxygen atoms in total. The minimum absolute atomic E-state index is 0.0509. The zero-order valence-electron chi connectivity index (χ0n) is 4.57. The van der Waals surface area contributed by atoms with Crippen molar-refractivity contribution in [1.29, 1.82) is 0 Å². The molecule has 48 valence electrons. The summed E-state index contributed by atoms with van der Waals surface area (Å²) in [5.41, 5.74) is 0. The fraction of sp³-hybridized carbons (Fsp3) is 0.200. The summed E-state index contributed by atoms with van der Waals surface area (Å²) in [4.78, 5) is 13.7. The number of carboxylic acids is 1. The van der Waals surface area contributed by atoms with Crippen molar-refractivity contribution < 1.29 is 14.6 Å². The number of ether oxygens (including phenoxy) is 1. The quantitative estimate of drug-likeness (QED) is 0.539. The van der Waals surface area contributed by atoms with Crippen LogP contribution in [0.15, 0.2) is 16.8 Å². The van der Waals surface area contributed by atoms with E-state index in [9.17, 15) is 4.79 Å². The first-order chi connectivity index (χ1) is 4.30. The Morgan fingerprint density at radius 2 is 2.67 bits per heavy atom. The Morgan fingerprint density at radius 3 is 3.00 bits per heavy atom. The molecule has 1 heterocycles. The van der Waals surface area contributed by atoms with Crippen molar-refractivity contribution >= 4 is 12.2 Å². The number of nitrogens with zero attached hydrogens (tertiary/aromatic N) is 1. The minimum atomic E-state index is -1.05. The highest BCUT2D eigenvalue weighted by atomic mass is 16.5. The number of hydrogen-bond donors (Lipinski definition) is 1. The van der Waals surface area contributed by atoms with Gasteiger partial charge in [-0.15, -0.1) is 0 Å². The molecular formula is C5H5NO3. The largest absolute Gasteiger partial charge is 0.475 e. The van der Waals surface area contributed by atoms with Gasteiger partial charge in [-0.1, -0.05) is 0 Å². The van der Waals surface area contributed by atoms with Crippen LogP contribution in [0.1, 0.15) is 0 Å². The Balaban J connectivity index is 2.68. The zero-order valence-corrected chi connectivity index (χ0v) is 4.57. The summed E-state index contributed by atoms with van der Waals surface area (Å²) < 4.78 is 4.60. The molecule has 0 aromatic rings. The molecule has 0 atom stereocenters. The van der Waals surface area contributed by atoms with E-state index in [0.29, 0.717) is 0 Å². The molecular weight excluding hydrogens is 122 g/mol. The first-order valence-electron chi connectivity index (χ1n) is 2.37. The lowest BCUT2D eigenvalue weighted by Gasteiger charge is -2.04. The van der Waals surface area contributed by atoms with Gasteiger partial charge < -0.3 is 9.84 Å². The van der Waals surface area contributed by atoms with Crippen LogP contribution in [0.2, 0.25) is 0 Å². The number of carbonyl (C=O) groups is 1. The second-order valence-corrected chi connectivity index (χ2v) is 1.44. The van der Waals surface area contributed by atoms with Gasteiger partial charge in [0.25, 0.3) is 0 Å². The normalized spacial score (nSPS) is 16.2. The monoisotopic (exact) mass is 127 g/mol. The summed E-state index contributed by atoms with van der Waals surface area (Å²) in [7, 11) is 0. The fourth-order valence-electron chi connectivity index (χ4n) is 0.451. The van der Waals surface area contributed by atoms with E-state index in [4.69, 9.17) is 5.11 Å². The van der Waals surface area contributed by atoms with Crippen molar-refractivity contribution in [3.63, 3.8) is 0 Å². The summed E-state index contributed by atoms with van der Waals surface area (Å²) >= 11 is 0. The summed E-state index contributed by atoms with van der Waals surface area (Å²) in [5, 5.41) is 8.28. The predicted octanol–water partition coefficient (Wildman–Crippen LogP) is 0.0134. The van der Waals surface area contributed by atoms with Crippen LogP contribution in [0.3, 0.4) is 0 Å². The Kier molecular flexibility index (Phi) is 1.48. The van der Waals surface area contributed by atoms with E-state index in [0.717, 1.165) is 0 Å². The summed E-state index contributed by atoms with van der Waals surface area (Å²) in [6.07, 6.45) is 2.72. The average Bonchev–Trinajstić information content (AvgIpc) is 1.90. The van der Waals surface area contributed by atoms with E-state index in [1.807, 2.05) is 0 Å². The van der Waals surface area contributed by atoms with Crippen molar-refractivity contribution in [2.45, 2.75) is 0 Å². The molecule has 0 spiro atoms. The highest BCUT2D eigenvalue weighted by molar-refractivity contribution is 5.90. The molecule has 1 aliphatic rings. The van der Waals surface area contributed by atoms with Gasteiger partial charge in [-0.05, 0) is 0 Å². The molecule has 0 aromatic carbocycles. The van der Waals surface area contributed by atoms with Gasteiger partial charge in [-0.2, -0.15) is 0 Å². The lowest BCUT2D eigenvalue weighted by molar-refractivity contribution is -0.136. The van der Waals surface area contributed by atoms with E-state index >= 15 is 0 Å². The number of aliphatic imine (C=N–C) groups is 1. The van der Waals surface area contributed by atoms with Gasteiger partial charge in [0.2, 0.25) is 5.76 Å². The van der Waals surface area contributed by atoms with Crippen LogP contribution in [-0.4, -0.2) is 24.0 Å². The maximum atomic E-state index is 10.1. The van der Waals surface area contributed by atoms with Crippen molar-refractivity contribution in [3.8, 4) is 0 Å². The molecule has 0 unspecified atom stereocenters. The molecule has 0 bridgehead atoms. The third kappa shape index (κ3) is 1.28. The fourth-order valence-corrected chi connectivity index (χ4v) is 0.451. The molecule has 0 amide bonds. The van der Waals surface area contributed by atoms with Gasteiger partial charge in [0, 0.05) is 12.3 Å². The average molecular weight is 127 g/mol. The number of hydrogen-bond acceptors (Lipinski definition) is 3. The van der Waals surface area contributed by atoms with Gasteiger partial charge in [0.1, 0.15) is 0 Å². The van der Waals surface area contributed by atoms with Gasteiger partial charge >= 0.3 is 5.97 Å². The van der Waals surface area contributed by atoms with E-state index in [1.54, 1.807) is 0 Å². The second-order valence-electron chi connectivity index (χ2n) is 1.44. The van der Waals surface area contributed by atoms with Crippen LogP contribution in [0, 0.1) is 0 Å². The lowest BCUT2D eigenvalue weighted by atomic mass is 10.4. The first kappa shape index (κ1) is 5.81. The van der Waals surface area contributed by atoms with Crippen LogP contribution < -0.4 is 0 Å². The molecule has 0 aliphatic carbocycles. The van der Waals surface area contributed by atoms with Crippen molar-refractivity contribution in [2.24, 2.45) is 4.99 Å². The smallest absolute Gasteiger partial charge is 0.371 e. The zero-order chi connectivity index (χ0) is 6.69. The minimum Gasteiger partial charge on any atom is -0.475 e. The van der Waals surface area contributed by atoms with Crippen LogP contribution in [0.25, 0.3) is 0 Å². The van der Waals surface area contributed by atoms with Gasteiger partial charge in [0.05, 0.1) is 0 Å². The van der Waals surface area contributed by atoms with Gasteiger partial charge in [-0.3, -0.25) is 4.99 Å². The lowest BCUT2D eigenvalue weighted by Crippen LogP contribution is -2.08. The number of carboxylic acid groups (broad SMARTS) is 1. The molecule has 0 aromatic heterocycles. The molecule has 0 fully saturated rings. The van der Waals surface area contributed by atoms with E-state index in [-0.39, 0.29) is 12.5 Å². The Morgan fingerprint density at radius 1 is 1.89 bits per heavy atom. The third-order valence-electron chi connectivity index (χ3n) is 0.837. The van der Waals surface area contributed by atoms with Crippen LogP contribution in [-0.2, 0) is 9.53 Å². The van der Waals surface area contributed by atoms with E-state index < -0.39 is 5.97 Å². The topological polar surface area (TPSA) is 58.9 Å². The molecule has 4 heteroatoms. The molecule has 0 saturated carbocycles. The highest BCUT2D eigenvalue weighted by Gasteiger charge is 2.08. The van der Waals surface area contributed by atoms with Crippen LogP contribution in [0.5, 0.6) is 0 Å². The summed E-state index contributed by atoms with van der Waals surface area (Å²) in [5.74, 6) is -1.11. The molecule has 1 aliphatic heterocycles. The number of allylic oxidation sites excluding steroid dienone is 1. The Hall–Kier alpha value is -1.32. The predicted molar refractivity (Wildman–Crippen MR) is 30.2 cm³/mol. The Labute approximate surface area is 51.5 Å². The standard InChI is InChI=1S/C5H5NO3/c7-5(8)4-1-2-6-3-9-4/h1-2H,3H2,(H,7,8). The van der Waals surface area contributed by atoms with Crippen LogP contribution >= 0.6 is 0 Å². The maximum Gasteiger partial charge on any atom is 0.371 e. The SMILES string of the molecule is O=C(O)C1=CC=NCO1. The number of rotatable bonds is 1. The summed E-state index contributed by atoms with van der Waals surface area (Å²) in [6.45, 7) is 0.109. The van der Waals surface area contributed by atoms with Crippen LogP contribution in [0.4, 0.5) is 0 Å². The van der Waals surface area contributed by atoms with Crippen molar-refractivity contribution in [3.05, 3.63) is 11.8 Å². The first-order valence-corrected chi connectivity index (χ1v) is 2.37.